The third-order valence-corrected chi connectivity index (χ3v) is 3.52. The molecule has 8 nitrogen and oxygen atoms in total. The van der Waals surface area contributed by atoms with Gasteiger partial charge in [-0.3, -0.25) is 9.67 Å². The number of aromatic nitrogens is 3. The van der Waals surface area contributed by atoms with E-state index in [0.717, 1.165) is 11.4 Å². The van der Waals surface area contributed by atoms with Crippen molar-refractivity contribution in [3.05, 3.63) is 47.5 Å². The smallest absolute Gasteiger partial charge is 0.200 e. The molecule has 0 unspecified atom stereocenters. The highest BCUT2D eigenvalue weighted by atomic mass is 32.1. The number of H-pyrrole nitrogens is 1. The Hall–Kier alpha value is -3.20. The van der Waals surface area contributed by atoms with Crippen LogP contribution in [0.3, 0.4) is 0 Å². The normalized spacial score (nSPS) is 10.5. The van der Waals surface area contributed by atoms with E-state index in [1.807, 2.05) is 24.3 Å². The minimum absolute atomic E-state index is 0.0872. The van der Waals surface area contributed by atoms with Crippen LogP contribution in [0, 0.1) is 4.77 Å². The van der Waals surface area contributed by atoms with Gasteiger partial charge in [0.05, 0.1) is 5.69 Å². The molecule has 9 heteroatoms. The van der Waals surface area contributed by atoms with Crippen LogP contribution in [0.1, 0.15) is 0 Å². The number of rotatable bonds is 5. The van der Waals surface area contributed by atoms with Gasteiger partial charge in [-0.05, 0) is 30.4 Å². The summed E-state index contributed by atoms with van der Waals surface area (Å²) >= 11 is 5.13. The minimum Gasteiger partial charge on any atom is -0.504 e. The summed E-state index contributed by atoms with van der Waals surface area (Å²) in [5.41, 5.74) is 1.61. The number of hydrogen-bond acceptors (Lipinski definition) is 7. The second-order valence-electron chi connectivity index (χ2n) is 4.86. The molecule has 0 saturated carbocycles. The highest BCUT2D eigenvalue weighted by Crippen LogP contribution is 2.38. The van der Waals surface area contributed by atoms with E-state index in [9.17, 15) is 15.3 Å². The Labute approximate surface area is 141 Å². The number of nitrogens with one attached hydrogen (secondary N) is 2. The van der Waals surface area contributed by atoms with Crippen LogP contribution in [0.5, 0.6) is 23.0 Å². The lowest BCUT2D eigenvalue weighted by atomic mass is 10.2. The van der Waals surface area contributed by atoms with E-state index < -0.39 is 17.2 Å². The van der Waals surface area contributed by atoms with Gasteiger partial charge < -0.3 is 25.4 Å². The van der Waals surface area contributed by atoms with E-state index in [2.05, 4.69) is 15.5 Å². The highest BCUT2D eigenvalue weighted by molar-refractivity contribution is 7.71. The molecule has 1 heterocycles. The van der Waals surface area contributed by atoms with Crippen LogP contribution in [-0.2, 0) is 0 Å². The van der Waals surface area contributed by atoms with Gasteiger partial charge in [0.15, 0.2) is 23.0 Å². The average Bonchev–Trinajstić information content (AvgIpc) is 2.99. The van der Waals surface area contributed by atoms with E-state index in [1.165, 1.54) is 12.1 Å². The number of ether oxygens (including phenoxy) is 1. The summed E-state index contributed by atoms with van der Waals surface area (Å²) in [6.45, 7) is 0.0872. The van der Waals surface area contributed by atoms with Gasteiger partial charge >= 0.3 is 0 Å². The monoisotopic (exact) mass is 346 g/mol. The summed E-state index contributed by atoms with van der Waals surface area (Å²) in [5, 5.41) is 37.8. The Kier molecular flexibility index (Phi) is 4.25. The van der Waals surface area contributed by atoms with Gasteiger partial charge in [-0.15, -0.1) is 0 Å². The van der Waals surface area contributed by atoms with Gasteiger partial charge in [-0.1, -0.05) is 6.07 Å². The Bertz CT molecular complexity index is 899. The summed E-state index contributed by atoms with van der Waals surface area (Å²) in [7, 11) is 0. The molecule has 0 aliphatic rings. The molecule has 0 fully saturated rings. The van der Waals surface area contributed by atoms with Crippen molar-refractivity contribution >= 4 is 17.9 Å². The molecule has 3 rings (SSSR count). The summed E-state index contributed by atoms with van der Waals surface area (Å²) in [6, 6.07) is 9.86. The first kappa shape index (κ1) is 15.7. The number of aromatic amines is 1. The Morgan fingerprint density at radius 2 is 1.92 bits per heavy atom. The summed E-state index contributed by atoms with van der Waals surface area (Å²) in [4.78, 5) is 0. The zero-order chi connectivity index (χ0) is 17.1. The molecule has 5 N–H and O–H groups in total. The lowest BCUT2D eigenvalue weighted by Crippen LogP contribution is -2.09. The molecule has 0 atom stereocenters. The molecule has 0 amide bonds. The van der Waals surface area contributed by atoms with Crippen molar-refractivity contribution in [1.29, 1.82) is 0 Å². The zero-order valence-corrected chi connectivity index (χ0v) is 13.1. The van der Waals surface area contributed by atoms with Crippen LogP contribution < -0.4 is 10.1 Å². The van der Waals surface area contributed by atoms with Crippen LogP contribution >= 0.6 is 12.2 Å². The van der Waals surface area contributed by atoms with Gasteiger partial charge in [0.2, 0.25) is 5.75 Å². The van der Waals surface area contributed by atoms with Crippen LogP contribution in [0.25, 0.3) is 5.69 Å². The van der Waals surface area contributed by atoms with Gasteiger partial charge in [0, 0.05) is 17.8 Å². The Morgan fingerprint density at radius 3 is 2.58 bits per heavy atom. The molecule has 0 aliphatic carbocycles. The molecule has 2 aromatic carbocycles. The van der Waals surface area contributed by atoms with Crippen molar-refractivity contribution in [1.82, 2.24) is 14.8 Å². The predicted molar refractivity (Wildman–Crippen MR) is 89.3 cm³/mol. The Morgan fingerprint density at radius 1 is 1.17 bits per heavy atom. The molecule has 0 spiro atoms. The van der Waals surface area contributed by atoms with Crippen molar-refractivity contribution in [3.8, 4) is 28.7 Å². The van der Waals surface area contributed by atoms with Gasteiger partial charge in [-0.25, -0.2) is 0 Å². The number of phenols is 3. The third-order valence-electron chi connectivity index (χ3n) is 3.23. The van der Waals surface area contributed by atoms with Crippen molar-refractivity contribution in [2.45, 2.75) is 0 Å². The average molecular weight is 346 g/mol. The van der Waals surface area contributed by atoms with Gasteiger partial charge in [0.1, 0.15) is 12.1 Å². The minimum atomic E-state index is -0.583. The number of benzene rings is 2. The number of nitrogens with zero attached hydrogens (tertiary/aromatic N) is 2. The largest absolute Gasteiger partial charge is 0.504 e. The second kappa shape index (κ2) is 6.50. The summed E-state index contributed by atoms with van der Waals surface area (Å²) < 4.78 is 7.60. The van der Waals surface area contributed by atoms with Gasteiger partial charge in [0.25, 0.3) is 0 Å². The SMILES string of the molecule is Oc1cc(OCNc2cccc(-n3cn[nH]c3=S)c2)cc(O)c1O. The number of anilines is 1. The Balaban J connectivity index is 1.67. The molecule has 0 radical (unpaired) electrons. The molecule has 24 heavy (non-hydrogen) atoms. The van der Waals surface area contributed by atoms with Crippen LogP contribution in [0.15, 0.2) is 42.7 Å². The number of hydrogen-bond donors (Lipinski definition) is 5. The van der Waals surface area contributed by atoms with E-state index in [0.29, 0.717) is 4.77 Å². The first-order chi connectivity index (χ1) is 11.5. The molecular weight excluding hydrogens is 332 g/mol. The van der Waals surface area contributed by atoms with Crippen molar-refractivity contribution in [2.75, 3.05) is 12.0 Å². The zero-order valence-electron chi connectivity index (χ0n) is 12.3. The second-order valence-corrected chi connectivity index (χ2v) is 5.24. The lowest BCUT2D eigenvalue weighted by molar-refractivity contribution is 0.330. The fourth-order valence-corrected chi connectivity index (χ4v) is 2.27. The fourth-order valence-electron chi connectivity index (χ4n) is 2.06. The maximum atomic E-state index is 9.43. The van der Waals surface area contributed by atoms with Crippen LogP contribution in [0.2, 0.25) is 0 Å². The molecule has 0 saturated heterocycles. The molecule has 3 aromatic rings. The van der Waals surface area contributed by atoms with Crippen molar-refractivity contribution in [2.24, 2.45) is 0 Å². The van der Waals surface area contributed by atoms with E-state index in [4.69, 9.17) is 17.0 Å². The topological polar surface area (TPSA) is 116 Å². The maximum Gasteiger partial charge on any atom is 0.200 e. The predicted octanol–water partition coefficient (Wildman–Crippen LogP) is 2.50. The van der Waals surface area contributed by atoms with E-state index >= 15 is 0 Å². The van der Waals surface area contributed by atoms with Crippen LogP contribution in [0.4, 0.5) is 5.69 Å². The molecule has 0 bridgehead atoms. The lowest BCUT2D eigenvalue weighted by Gasteiger charge is -2.11. The number of aromatic hydroxyl groups is 3. The first-order valence-electron chi connectivity index (χ1n) is 6.88. The van der Waals surface area contributed by atoms with Gasteiger partial charge in [-0.2, -0.15) is 5.10 Å². The molecular formula is C15H14N4O4S. The fraction of sp³-hybridized carbons (Fsp3) is 0.0667. The van der Waals surface area contributed by atoms with Crippen LogP contribution in [-0.4, -0.2) is 36.8 Å². The first-order valence-corrected chi connectivity index (χ1v) is 7.29. The van der Waals surface area contributed by atoms with Crippen molar-refractivity contribution in [3.63, 3.8) is 0 Å². The molecule has 124 valence electrons. The third kappa shape index (κ3) is 3.25. The van der Waals surface area contributed by atoms with E-state index in [1.54, 1.807) is 10.9 Å². The van der Waals surface area contributed by atoms with Crippen molar-refractivity contribution < 1.29 is 20.1 Å². The standard InChI is InChI=1S/C15H14N4O4S/c20-12-5-11(6-13(21)14(12)22)23-8-16-9-2-1-3-10(4-9)19-7-17-18-15(19)24/h1-7,16,20-22H,8H2,(H,18,24). The summed E-state index contributed by atoms with van der Waals surface area (Å²) in [6.07, 6.45) is 1.58. The number of phenolic OH excluding ortho intramolecular Hbond substituents is 3. The maximum absolute atomic E-state index is 9.43. The molecule has 1 aromatic heterocycles. The highest BCUT2D eigenvalue weighted by Gasteiger charge is 2.08. The molecule has 0 aliphatic heterocycles. The van der Waals surface area contributed by atoms with E-state index in [-0.39, 0.29) is 12.5 Å². The summed E-state index contributed by atoms with van der Waals surface area (Å²) in [5.74, 6) is -1.29. The quantitative estimate of drug-likeness (QED) is 0.274.